The third-order valence-corrected chi connectivity index (χ3v) is 3.75. The highest BCUT2D eigenvalue weighted by molar-refractivity contribution is 7.18. The van der Waals surface area contributed by atoms with Gasteiger partial charge in [-0.2, -0.15) is 0 Å². The Morgan fingerprint density at radius 2 is 1.78 bits per heavy atom. The molecule has 0 amide bonds. The van der Waals surface area contributed by atoms with Gasteiger partial charge in [-0.1, -0.05) is 0 Å². The molecule has 0 aliphatic rings. The van der Waals surface area contributed by atoms with E-state index in [-0.39, 0.29) is 34.1 Å². The first kappa shape index (κ1) is 17.9. The quantitative estimate of drug-likeness (QED) is 0.357. The van der Waals surface area contributed by atoms with Crippen molar-refractivity contribution in [1.82, 2.24) is 0 Å². The Kier molecular flexibility index (Phi) is 6.50. The van der Waals surface area contributed by atoms with Crippen molar-refractivity contribution in [3.05, 3.63) is 21.9 Å². The zero-order valence-corrected chi connectivity index (χ0v) is 12.2. The first-order chi connectivity index (χ1) is 11.0. The Labute approximate surface area is 133 Å². The highest BCUT2D eigenvalue weighted by Gasteiger charge is 2.27. The van der Waals surface area contributed by atoms with Crippen molar-refractivity contribution in [1.29, 1.82) is 0 Å². The molecule has 2 N–H and O–H groups in total. The van der Waals surface area contributed by atoms with Crippen LogP contribution < -0.4 is 4.90 Å². The summed E-state index contributed by atoms with van der Waals surface area (Å²) >= 11 is 0.627. The van der Waals surface area contributed by atoms with Crippen LogP contribution in [0.1, 0.15) is 15.2 Å². The van der Waals surface area contributed by atoms with Gasteiger partial charge in [0.25, 0.3) is 12.9 Å². The topological polar surface area (TPSA) is 135 Å². The standard InChI is InChI=1S/C12H10N2O8S/c1-13-9-7(2-8(17)18)10(12(19)20)23-11(9)14(3-21-5-15)4-22-6-16/h5-6H,2-4H2,(H,17,18)(H,19,20). The van der Waals surface area contributed by atoms with E-state index in [1.165, 1.54) is 0 Å². The van der Waals surface area contributed by atoms with Crippen LogP contribution in [-0.2, 0) is 30.3 Å². The molecule has 0 atom stereocenters. The van der Waals surface area contributed by atoms with E-state index in [4.69, 9.17) is 16.8 Å². The third kappa shape index (κ3) is 4.42. The van der Waals surface area contributed by atoms with Gasteiger partial charge < -0.3 is 24.6 Å². The molecule has 1 aromatic heterocycles. The van der Waals surface area contributed by atoms with Crippen LogP contribution in [0.25, 0.3) is 4.85 Å². The Hall–Kier alpha value is -3.13. The molecule has 0 saturated carbocycles. The van der Waals surface area contributed by atoms with Crippen LogP contribution in [0.3, 0.4) is 0 Å². The number of hydrogen-bond acceptors (Lipinski definition) is 8. The molecule has 1 rings (SSSR count). The number of anilines is 1. The molecule has 0 radical (unpaired) electrons. The number of carboxylic acid groups (broad SMARTS) is 2. The zero-order valence-electron chi connectivity index (χ0n) is 11.4. The number of ether oxygens (including phenoxy) is 2. The Morgan fingerprint density at radius 1 is 1.22 bits per heavy atom. The summed E-state index contributed by atoms with van der Waals surface area (Å²) in [6, 6.07) is 0. The monoisotopic (exact) mass is 342 g/mol. The maximum absolute atomic E-state index is 11.3. The van der Waals surface area contributed by atoms with Crippen LogP contribution in [0.5, 0.6) is 0 Å². The highest BCUT2D eigenvalue weighted by Crippen LogP contribution is 2.43. The van der Waals surface area contributed by atoms with E-state index in [0.717, 1.165) is 4.90 Å². The fraction of sp³-hybridized carbons (Fsp3) is 0.250. The van der Waals surface area contributed by atoms with Crippen LogP contribution in [0, 0.1) is 6.57 Å². The predicted molar refractivity (Wildman–Crippen MR) is 75.4 cm³/mol. The minimum absolute atomic E-state index is 0.0253. The molecule has 1 aromatic rings. The summed E-state index contributed by atoms with van der Waals surface area (Å²) in [6.45, 7) is 6.59. The second kappa shape index (κ2) is 8.35. The van der Waals surface area contributed by atoms with Gasteiger partial charge in [0, 0.05) is 0 Å². The summed E-state index contributed by atoms with van der Waals surface area (Å²) in [6.07, 6.45) is -0.660. The van der Waals surface area contributed by atoms with Crippen molar-refractivity contribution in [3.8, 4) is 0 Å². The summed E-state index contributed by atoms with van der Waals surface area (Å²) in [5.41, 5.74) is -0.374. The van der Waals surface area contributed by atoms with Crippen molar-refractivity contribution in [3.63, 3.8) is 0 Å². The Bertz CT molecular complexity index is 651. The number of thiophene rings is 1. The van der Waals surface area contributed by atoms with Crippen molar-refractivity contribution in [2.24, 2.45) is 0 Å². The molecular weight excluding hydrogens is 332 g/mol. The van der Waals surface area contributed by atoms with Gasteiger partial charge in [-0.15, -0.1) is 11.3 Å². The van der Waals surface area contributed by atoms with Crippen LogP contribution >= 0.6 is 11.3 Å². The molecule has 11 heteroatoms. The number of aliphatic carboxylic acids is 1. The van der Waals surface area contributed by atoms with Crippen molar-refractivity contribution >= 4 is 46.9 Å². The molecule has 0 aliphatic heterocycles. The SMILES string of the molecule is [C-]#[N+]c1c(N(COC=O)COC=O)sc(C(=O)O)c1CC(=O)O. The lowest BCUT2D eigenvalue weighted by atomic mass is 10.1. The lowest BCUT2D eigenvalue weighted by Crippen LogP contribution is -2.27. The van der Waals surface area contributed by atoms with Gasteiger partial charge in [-0.3, -0.25) is 14.4 Å². The fourth-order valence-electron chi connectivity index (χ4n) is 1.66. The van der Waals surface area contributed by atoms with Crippen LogP contribution in [0.2, 0.25) is 0 Å². The van der Waals surface area contributed by atoms with Crippen molar-refractivity contribution in [2.45, 2.75) is 6.42 Å². The van der Waals surface area contributed by atoms with Crippen LogP contribution in [0.4, 0.5) is 10.7 Å². The normalized spacial score (nSPS) is 9.52. The summed E-state index contributed by atoms with van der Waals surface area (Å²) < 4.78 is 9.05. The lowest BCUT2D eigenvalue weighted by Gasteiger charge is -2.20. The maximum atomic E-state index is 11.3. The second-order valence-corrected chi connectivity index (χ2v) is 4.87. The number of carboxylic acids is 2. The number of hydrogen-bond donors (Lipinski definition) is 2. The van der Waals surface area contributed by atoms with Gasteiger partial charge in [0.2, 0.25) is 5.69 Å². The van der Waals surface area contributed by atoms with Gasteiger partial charge in [0.15, 0.2) is 13.5 Å². The summed E-state index contributed by atoms with van der Waals surface area (Å²) in [5.74, 6) is -2.70. The third-order valence-electron chi connectivity index (χ3n) is 2.48. The Balaban J connectivity index is 3.38. The van der Waals surface area contributed by atoms with Gasteiger partial charge in [-0.05, 0) is 5.56 Å². The Morgan fingerprint density at radius 3 is 2.17 bits per heavy atom. The number of aromatic carboxylic acids is 1. The molecule has 0 spiro atoms. The number of carbonyl (C=O) groups excluding carboxylic acids is 2. The molecule has 0 bridgehead atoms. The van der Waals surface area contributed by atoms with E-state index >= 15 is 0 Å². The molecule has 0 fully saturated rings. The molecular formula is C12H10N2O8S. The number of nitrogens with zero attached hydrogens (tertiary/aromatic N) is 2. The molecule has 1 heterocycles. The molecule has 10 nitrogen and oxygen atoms in total. The zero-order chi connectivity index (χ0) is 17.4. The molecule has 0 aromatic carbocycles. The number of carbonyl (C=O) groups is 4. The van der Waals surface area contributed by atoms with E-state index < -0.39 is 31.8 Å². The summed E-state index contributed by atoms with van der Waals surface area (Å²) in [7, 11) is 0. The molecule has 0 saturated heterocycles. The lowest BCUT2D eigenvalue weighted by molar-refractivity contribution is -0.136. The predicted octanol–water partition coefficient (Wildman–Crippen LogP) is 0.692. The fourth-order valence-corrected chi connectivity index (χ4v) is 2.73. The molecule has 0 aliphatic carbocycles. The van der Waals surface area contributed by atoms with Crippen molar-refractivity contribution in [2.75, 3.05) is 18.4 Å². The average molecular weight is 342 g/mol. The first-order valence-corrected chi connectivity index (χ1v) is 6.61. The average Bonchev–Trinajstić information content (AvgIpc) is 2.85. The summed E-state index contributed by atoms with van der Waals surface area (Å²) in [5, 5.41) is 18.1. The van der Waals surface area contributed by atoms with Crippen LogP contribution in [0.15, 0.2) is 0 Å². The van der Waals surface area contributed by atoms with E-state index in [0.29, 0.717) is 11.3 Å². The number of rotatable bonds is 10. The molecule has 0 unspecified atom stereocenters. The minimum atomic E-state index is -1.39. The minimum Gasteiger partial charge on any atom is -0.481 e. The van der Waals surface area contributed by atoms with Gasteiger partial charge in [0.1, 0.15) is 9.88 Å². The molecule has 23 heavy (non-hydrogen) atoms. The van der Waals surface area contributed by atoms with E-state index in [2.05, 4.69) is 14.3 Å². The first-order valence-electron chi connectivity index (χ1n) is 5.79. The van der Waals surface area contributed by atoms with Crippen LogP contribution in [-0.4, -0.2) is 48.6 Å². The van der Waals surface area contributed by atoms with Crippen molar-refractivity contribution < 1.29 is 38.9 Å². The largest absolute Gasteiger partial charge is 0.481 e. The van der Waals surface area contributed by atoms with E-state index in [1.807, 2.05) is 0 Å². The molecule has 122 valence electrons. The smallest absolute Gasteiger partial charge is 0.344 e. The second-order valence-electron chi connectivity index (χ2n) is 3.87. The van der Waals surface area contributed by atoms with Gasteiger partial charge in [-0.25, -0.2) is 9.64 Å². The summed E-state index contributed by atoms with van der Waals surface area (Å²) in [4.78, 5) is 46.7. The van der Waals surface area contributed by atoms with E-state index in [1.54, 1.807) is 0 Å². The van der Waals surface area contributed by atoms with Gasteiger partial charge >= 0.3 is 11.9 Å². The van der Waals surface area contributed by atoms with Gasteiger partial charge in [0.05, 0.1) is 13.0 Å². The maximum Gasteiger partial charge on any atom is 0.344 e. The highest BCUT2D eigenvalue weighted by atomic mass is 32.1. The van der Waals surface area contributed by atoms with E-state index in [9.17, 15) is 19.2 Å².